The summed E-state index contributed by atoms with van der Waals surface area (Å²) in [5, 5.41) is 0.828. The number of fused-ring (bicyclic) bond motifs is 1. The number of carbonyl (C=O) groups excluding carboxylic acids is 1. The molecule has 0 unspecified atom stereocenters. The molecule has 4 rings (SSSR count). The molecule has 0 radical (unpaired) electrons. The summed E-state index contributed by atoms with van der Waals surface area (Å²) >= 11 is 0. The average molecular weight is 465 g/mol. The number of rotatable bonds is 7. The zero-order valence-electron chi connectivity index (χ0n) is 18.6. The van der Waals surface area contributed by atoms with Gasteiger partial charge >= 0.3 is 0 Å². The number of nitrogens with one attached hydrogen (secondary N) is 1. The number of H-pyrrole nitrogens is 1. The Kier molecular flexibility index (Phi) is 6.05. The van der Waals surface area contributed by atoms with E-state index >= 15 is 0 Å². The smallest absolute Gasteiger partial charge is 0.252 e. The SMILES string of the molecule is CC(=O)c1ccc(S(=O)(=O)N(Cc2ccco2)Cc2cc3cc(C)c(C)cc3[nH]c2=O)cc1. The molecule has 1 N–H and O–H groups in total. The van der Waals surface area contributed by atoms with Crippen molar-refractivity contribution in [2.45, 2.75) is 38.8 Å². The highest BCUT2D eigenvalue weighted by molar-refractivity contribution is 7.89. The van der Waals surface area contributed by atoms with E-state index in [0.717, 1.165) is 16.5 Å². The summed E-state index contributed by atoms with van der Waals surface area (Å²) < 4.78 is 33.6. The van der Waals surface area contributed by atoms with Crippen molar-refractivity contribution in [2.75, 3.05) is 0 Å². The second kappa shape index (κ2) is 8.80. The van der Waals surface area contributed by atoms with Crippen molar-refractivity contribution >= 4 is 26.7 Å². The van der Waals surface area contributed by atoms with Crippen LogP contribution in [0.1, 0.15) is 39.7 Å². The Bertz CT molecular complexity index is 1480. The van der Waals surface area contributed by atoms with Gasteiger partial charge in [0.05, 0.1) is 17.7 Å². The molecule has 0 aliphatic rings. The van der Waals surface area contributed by atoms with Gasteiger partial charge < -0.3 is 9.40 Å². The van der Waals surface area contributed by atoms with E-state index in [-0.39, 0.29) is 29.3 Å². The van der Waals surface area contributed by atoms with Gasteiger partial charge in [0.25, 0.3) is 5.56 Å². The predicted molar refractivity (Wildman–Crippen MR) is 126 cm³/mol. The molecule has 0 fully saturated rings. The van der Waals surface area contributed by atoms with Crippen LogP contribution in [0.2, 0.25) is 0 Å². The monoisotopic (exact) mass is 464 g/mol. The Labute approximate surface area is 191 Å². The number of ketones is 1. The molecule has 2 aromatic carbocycles. The summed E-state index contributed by atoms with van der Waals surface area (Å²) in [4.78, 5) is 27.3. The first-order valence-corrected chi connectivity index (χ1v) is 11.9. The average Bonchev–Trinajstić information content (AvgIpc) is 3.28. The standard InChI is InChI=1S/C25H24N2O5S/c1-16-11-20-13-21(25(29)26-24(20)12-17(16)2)14-27(15-22-5-4-10-32-22)33(30,31)23-8-6-19(7-9-23)18(3)28/h4-13H,14-15H2,1-3H3,(H,26,29). The van der Waals surface area contributed by atoms with Crippen molar-refractivity contribution in [2.24, 2.45) is 0 Å². The highest BCUT2D eigenvalue weighted by atomic mass is 32.2. The molecule has 2 heterocycles. The lowest BCUT2D eigenvalue weighted by Gasteiger charge is -2.21. The van der Waals surface area contributed by atoms with Gasteiger partial charge in [-0.25, -0.2) is 8.42 Å². The lowest BCUT2D eigenvalue weighted by molar-refractivity contribution is 0.101. The highest BCUT2D eigenvalue weighted by Gasteiger charge is 2.27. The van der Waals surface area contributed by atoms with Crippen molar-refractivity contribution in [1.82, 2.24) is 9.29 Å². The summed E-state index contributed by atoms with van der Waals surface area (Å²) in [6.45, 7) is 5.18. The van der Waals surface area contributed by atoms with Crippen LogP contribution in [0.25, 0.3) is 10.9 Å². The van der Waals surface area contributed by atoms with E-state index in [1.165, 1.54) is 41.8 Å². The van der Waals surface area contributed by atoms with E-state index in [9.17, 15) is 18.0 Å². The number of hydrogen-bond acceptors (Lipinski definition) is 5. The Balaban J connectivity index is 1.76. The lowest BCUT2D eigenvalue weighted by atomic mass is 10.0. The van der Waals surface area contributed by atoms with Crippen LogP contribution in [0, 0.1) is 13.8 Å². The number of sulfonamides is 1. The normalized spacial score (nSPS) is 11.9. The van der Waals surface area contributed by atoms with E-state index in [0.29, 0.717) is 22.4 Å². The number of benzene rings is 2. The van der Waals surface area contributed by atoms with Crippen molar-refractivity contribution < 1.29 is 17.6 Å². The van der Waals surface area contributed by atoms with Gasteiger partial charge in [-0.1, -0.05) is 12.1 Å². The van der Waals surface area contributed by atoms with Crippen molar-refractivity contribution in [3.05, 3.63) is 99.2 Å². The zero-order valence-corrected chi connectivity index (χ0v) is 19.4. The molecular formula is C25H24N2O5S. The molecule has 2 aromatic heterocycles. The van der Waals surface area contributed by atoms with E-state index in [4.69, 9.17) is 4.42 Å². The molecule has 4 aromatic rings. The summed E-state index contributed by atoms with van der Waals surface area (Å²) in [5.74, 6) is 0.294. The number of aromatic nitrogens is 1. The second-order valence-electron chi connectivity index (χ2n) is 8.08. The Hall–Kier alpha value is -3.49. The van der Waals surface area contributed by atoms with Crippen LogP contribution < -0.4 is 5.56 Å². The maximum absolute atomic E-state index is 13.5. The fourth-order valence-corrected chi connectivity index (χ4v) is 5.03. The molecule has 170 valence electrons. The Morgan fingerprint density at radius 3 is 2.33 bits per heavy atom. The van der Waals surface area contributed by atoms with Crippen LogP contribution in [0.3, 0.4) is 0 Å². The van der Waals surface area contributed by atoms with E-state index < -0.39 is 10.0 Å². The van der Waals surface area contributed by atoms with Crippen LogP contribution in [0.5, 0.6) is 0 Å². The molecule has 0 aliphatic carbocycles. The fourth-order valence-electron chi connectivity index (χ4n) is 3.64. The van der Waals surface area contributed by atoms with Crippen molar-refractivity contribution in [1.29, 1.82) is 0 Å². The third kappa shape index (κ3) is 4.67. The van der Waals surface area contributed by atoms with Crippen molar-refractivity contribution in [3.8, 4) is 0 Å². The molecule has 0 saturated heterocycles. The van der Waals surface area contributed by atoms with Gasteiger partial charge in [-0.15, -0.1) is 0 Å². The Morgan fingerprint density at radius 2 is 1.70 bits per heavy atom. The third-order valence-corrected chi connectivity index (χ3v) is 7.50. The number of pyridine rings is 1. The number of aryl methyl sites for hydroxylation is 2. The minimum atomic E-state index is -3.99. The fraction of sp³-hybridized carbons (Fsp3) is 0.200. The third-order valence-electron chi connectivity index (χ3n) is 5.69. The molecule has 0 aliphatic heterocycles. The summed E-state index contributed by atoms with van der Waals surface area (Å²) in [6, 6.07) is 14.7. The number of nitrogens with zero attached hydrogens (tertiary/aromatic N) is 1. The number of hydrogen-bond donors (Lipinski definition) is 1. The topological polar surface area (TPSA) is 100 Å². The first-order chi connectivity index (χ1) is 15.6. The van der Waals surface area contributed by atoms with Gasteiger partial charge in [-0.2, -0.15) is 4.31 Å². The van der Waals surface area contributed by atoms with E-state index in [2.05, 4.69) is 4.98 Å². The number of furan rings is 1. The number of carbonyl (C=O) groups is 1. The first-order valence-electron chi connectivity index (χ1n) is 10.4. The largest absolute Gasteiger partial charge is 0.468 e. The zero-order chi connectivity index (χ0) is 23.8. The Morgan fingerprint density at radius 1 is 1.00 bits per heavy atom. The van der Waals surface area contributed by atoms with Gasteiger partial charge in [0.1, 0.15) is 5.76 Å². The summed E-state index contributed by atoms with van der Waals surface area (Å²) in [5.41, 5.74) is 3.22. The summed E-state index contributed by atoms with van der Waals surface area (Å²) in [7, 11) is -3.99. The number of Topliss-reactive ketones (excluding diaryl/α,β-unsaturated/α-hetero) is 1. The molecular weight excluding hydrogens is 440 g/mol. The lowest BCUT2D eigenvalue weighted by Crippen LogP contribution is -2.32. The van der Waals surface area contributed by atoms with Gasteiger partial charge in [0.2, 0.25) is 10.0 Å². The minimum Gasteiger partial charge on any atom is -0.468 e. The van der Waals surface area contributed by atoms with Gasteiger partial charge in [-0.3, -0.25) is 9.59 Å². The van der Waals surface area contributed by atoms with Crippen molar-refractivity contribution in [3.63, 3.8) is 0 Å². The maximum atomic E-state index is 13.5. The molecule has 0 amide bonds. The van der Waals surface area contributed by atoms with Crippen LogP contribution in [-0.2, 0) is 23.1 Å². The van der Waals surface area contributed by atoms with E-state index in [1.54, 1.807) is 18.2 Å². The molecule has 7 nitrogen and oxygen atoms in total. The van der Waals surface area contributed by atoms with E-state index in [1.807, 2.05) is 26.0 Å². The maximum Gasteiger partial charge on any atom is 0.252 e. The highest BCUT2D eigenvalue weighted by Crippen LogP contribution is 2.23. The second-order valence-corrected chi connectivity index (χ2v) is 10.0. The molecule has 0 bridgehead atoms. The minimum absolute atomic E-state index is 0.0303. The van der Waals surface area contributed by atoms with Gasteiger partial charge in [0, 0.05) is 23.2 Å². The van der Waals surface area contributed by atoms with Crippen LogP contribution >= 0.6 is 0 Å². The van der Waals surface area contributed by atoms with Crippen LogP contribution in [0.4, 0.5) is 0 Å². The first kappa shape index (κ1) is 22.7. The molecule has 0 atom stereocenters. The molecule has 8 heteroatoms. The molecule has 0 saturated carbocycles. The molecule has 33 heavy (non-hydrogen) atoms. The molecule has 0 spiro atoms. The quantitative estimate of drug-likeness (QED) is 0.410. The number of aromatic amines is 1. The predicted octanol–water partition coefficient (Wildman–Crippen LogP) is 4.33. The van der Waals surface area contributed by atoms with Gasteiger partial charge in [-0.05, 0) is 79.7 Å². The van der Waals surface area contributed by atoms with Crippen LogP contribution in [-0.4, -0.2) is 23.5 Å². The van der Waals surface area contributed by atoms with Gasteiger partial charge in [0.15, 0.2) is 5.78 Å². The summed E-state index contributed by atoms with van der Waals surface area (Å²) in [6.07, 6.45) is 1.47. The van der Waals surface area contributed by atoms with Crippen LogP contribution in [0.15, 0.2) is 75.0 Å².